The number of nitrogens with one attached hydrogen (secondary N) is 2. The predicted octanol–water partition coefficient (Wildman–Crippen LogP) is 2.65. The topological polar surface area (TPSA) is 50.4 Å². The fraction of sp³-hybridized carbons (Fsp3) is 0.500. The number of rotatable bonds is 3. The van der Waals surface area contributed by atoms with E-state index in [4.69, 9.17) is 4.74 Å². The van der Waals surface area contributed by atoms with Crippen molar-refractivity contribution >= 4 is 11.6 Å². The highest BCUT2D eigenvalue weighted by Crippen LogP contribution is 2.37. The predicted molar refractivity (Wildman–Crippen MR) is 72.2 cm³/mol. The van der Waals surface area contributed by atoms with Crippen LogP contribution < -0.4 is 15.4 Å². The lowest BCUT2D eigenvalue weighted by atomic mass is 9.97. The number of carbonyl (C=O) groups excluding carboxylic acids is 1. The van der Waals surface area contributed by atoms with Crippen LogP contribution in [0.25, 0.3) is 0 Å². The van der Waals surface area contributed by atoms with Crippen molar-refractivity contribution in [1.29, 1.82) is 0 Å². The van der Waals surface area contributed by atoms with Crippen LogP contribution in [0.15, 0.2) is 18.2 Å². The summed E-state index contributed by atoms with van der Waals surface area (Å²) in [7, 11) is 1.29. The summed E-state index contributed by atoms with van der Waals surface area (Å²) in [6.45, 7) is 1.40. The number of benzene rings is 1. The third-order valence-electron chi connectivity index (χ3n) is 3.50. The van der Waals surface area contributed by atoms with Crippen molar-refractivity contribution in [2.24, 2.45) is 5.92 Å². The minimum Gasteiger partial charge on any atom is -0.497 e. The number of hydrogen-bond acceptors (Lipinski definition) is 3. The highest BCUT2D eigenvalue weighted by atomic mass is 19.4. The Morgan fingerprint density at radius 2 is 2.00 bits per heavy atom. The van der Waals surface area contributed by atoms with E-state index in [2.05, 4.69) is 10.6 Å². The molecule has 0 bridgehead atoms. The second-order valence-corrected chi connectivity index (χ2v) is 4.92. The quantitative estimate of drug-likeness (QED) is 0.902. The third kappa shape index (κ3) is 3.87. The Balaban J connectivity index is 2.20. The Kier molecular flexibility index (Phi) is 4.72. The highest BCUT2D eigenvalue weighted by Gasteiger charge is 2.35. The van der Waals surface area contributed by atoms with Crippen LogP contribution in [0.5, 0.6) is 5.75 Å². The normalized spacial score (nSPS) is 16.6. The first-order valence-corrected chi connectivity index (χ1v) is 6.68. The van der Waals surface area contributed by atoms with Crippen molar-refractivity contribution in [2.45, 2.75) is 19.0 Å². The number of piperidine rings is 1. The number of methoxy groups -OCH3 is 1. The summed E-state index contributed by atoms with van der Waals surface area (Å²) in [6, 6.07) is 3.51. The van der Waals surface area contributed by atoms with Crippen LogP contribution in [0.4, 0.5) is 18.9 Å². The van der Waals surface area contributed by atoms with Crippen LogP contribution in [0.2, 0.25) is 0 Å². The summed E-state index contributed by atoms with van der Waals surface area (Å²) in [4.78, 5) is 12.1. The van der Waals surface area contributed by atoms with Crippen molar-refractivity contribution in [3.8, 4) is 5.75 Å². The van der Waals surface area contributed by atoms with Crippen LogP contribution >= 0.6 is 0 Å². The maximum atomic E-state index is 13.0. The van der Waals surface area contributed by atoms with E-state index in [0.29, 0.717) is 25.9 Å². The molecule has 4 nitrogen and oxygen atoms in total. The lowest BCUT2D eigenvalue weighted by Gasteiger charge is -2.23. The first kappa shape index (κ1) is 15.6. The van der Waals surface area contributed by atoms with Gasteiger partial charge in [0, 0.05) is 5.92 Å². The van der Waals surface area contributed by atoms with E-state index in [1.54, 1.807) is 0 Å². The van der Waals surface area contributed by atoms with Gasteiger partial charge < -0.3 is 15.4 Å². The van der Waals surface area contributed by atoms with E-state index in [9.17, 15) is 18.0 Å². The summed E-state index contributed by atoms with van der Waals surface area (Å²) in [5.74, 6) is -0.524. The second kappa shape index (κ2) is 6.34. The van der Waals surface area contributed by atoms with Gasteiger partial charge in [-0.25, -0.2) is 0 Å². The molecule has 1 aromatic carbocycles. The van der Waals surface area contributed by atoms with Gasteiger partial charge in [-0.1, -0.05) is 0 Å². The molecule has 0 saturated carbocycles. The number of alkyl halides is 3. The van der Waals surface area contributed by atoms with Gasteiger partial charge in [-0.3, -0.25) is 4.79 Å². The Labute approximate surface area is 120 Å². The largest absolute Gasteiger partial charge is 0.497 e. The fourth-order valence-electron chi connectivity index (χ4n) is 2.31. The van der Waals surface area contributed by atoms with Gasteiger partial charge in [-0.2, -0.15) is 13.2 Å². The molecule has 1 fully saturated rings. The fourth-order valence-corrected chi connectivity index (χ4v) is 2.31. The van der Waals surface area contributed by atoms with Crippen molar-refractivity contribution in [3.63, 3.8) is 0 Å². The van der Waals surface area contributed by atoms with Crippen LogP contribution in [0.3, 0.4) is 0 Å². The van der Waals surface area contributed by atoms with E-state index in [1.165, 1.54) is 19.2 Å². The first-order chi connectivity index (χ1) is 9.91. The van der Waals surface area contributed by atoms with Gasteiger partial charge in [0.15, 0.2) is 0 Å². The van der Waals surface area contributed by atoms with E-state index in [1.807, 2.05) is 0 Å². The maximum Gasteiger partial charge on any atom is 0.418 e. The van der Waals surface area contributed by atoms with E-state index in [0.717, 1.165) is 6.07 Å². The second-order valence-electron chi connectivity index (χ2n) is 4.92. The molecule has 1 aliphatic heterocycles. The Bertz CT molecular complexity index is 511. The van der Waals surface area contributed by atoms with Crippen molar-refractivity contribution in [3.05, 3.63) is 23.8 Å². The van der Waals surface area contributed by atoms with Gasteiger partial charge in [0.2, 0.25) is 5.91 Å². The molecule has 0 unspecified atom stereocenters. The minimum absolute atomic E-state index is 0.0993. The number of amides is 1. The molecule has 0 aromatic heterocycles. The van der Waals surface area contributed by atoms with Crippen LogP contribution in [0.1, 0.15) is 18.4 Å². The van der Waals surface area contributed by atoms with Crippen LogP contribution in [-0.2, 0) is 11.0 Å². The van der Waals surface area contributed by atoms with Gasteiger partial charge >= 0.3 is 6.18 Å². The number of halogens is 3. The Hall–Kier alpha value is -1.76. The van der Waals surface area contributed by atoms with Gasteiger partial charge in [0.25, 0.3) is 0 Å². The molecular weight excluding hydrogens is 285 g/mol. The van der Waals surface area contributed by atoms with Crippen molar-refractivity contribution < 1.29 is 22.7 Å². The highest BCUT2D eigenvalue weighted by molar-refractivity contribution is 5.93. The molecular formula is C14H17F3N2O2. The van der Waals surface area contributed by atoms with Gasteiger partial charge in [-0.05, 0) is 44.1 Å². The lowest BCUT2D eigenvalue weighted by Crippen LogP contribution is -2.35. The third-order valence-corrected chi connectivity index (χ3v) is 3.50. The average Bonchev–Trinajstić information content (AvgIpc) is 2.47. The SMILES string of the molecule is COc1ccc(NC(=O)C2CCNCC2)c(C(F)(F)F)c1. The molecule has 1 saturated heterocycles. The summed E-state index contributed by atoms with van der Waals surface area (Å²) in [5.41, 5.74) is -1.13. The molecule has 2 rings (SSSR count). The number of ether oxygens (including phenoxy) is 1. The average molecular weight is 302 g/mol. The molecule has 0 aliphatic carbocycles. The molecule has 116 valence electrons. The smallest absolute Gasteiger partial charge is 0.418 e. The Morgan fingerprint density at radius 3 is 2.57 bits per heavy atom. The molecule has 7 heteroatoms. The zero-order valence-electron chi connectivity index (χ0n) is 11.6. The molecule has 21 heavy (non-hydrogen) atoms. The summed E-state index contributed by atoms with van der Waals surface area (Å²) in [6.07, 6.45) is -3.29. The van der Waals surface area contributed by atoms with Crippen molar-refractivity contribution in [2.75, 3.05) is 25.5 Å². The molecule has 1 heterocycles. The standard InChI is InChI=1S/C14H17F3N2O2/c1-21-10-2-3-12(11(8-10)14(15,16)17)19-13(20)9-4-6-18-7-5-9/h2-3,8-9,18H,4-7H2,1H3,(H,19,20). The van der Waals surface area contributed by atoms with Crippen molar-refractivity contribution in [1.82, 2.24) is 5.32 Å². The number of hydrogen-bond donors (Lipinski definition) is 2. The summed E-state index contributed by atoms with van der Waals surface area (Å²) in [5, 5.41) is 5.50. The minimum atomic E-state index is -4.55. The zero-order chi connectivity index (χ0) is 15.5. The van der Waals surface area contributed by atoms with E-state index in [-0.39, 0.29) is 23.3 Å². The van der Waals surface area contributed by atoms with Gasteiger partial charge in [0.1, 0.15) is 5.75 Å². The molecule has 0 spiro atoms. The first-order valence-electron chi connectivity index (χ1n) is 6.68. The Morgan fingerprint density at radius 1 is 1.33 bits per heavy atom. The number of anilines is 1. The van der Waals surface area contributed by atoms with Crippen LogP contribution in [0, 0.1) is 5.92 Å². The molecule has 1 aliphatic rings. The zero-order valence-corrected chi connectivity index (χ0v) is 11.6. The van der Waals surface area contributed by atoms with Crippen LogP contribution in [-0.4, -0.2) is 26.1 Å². The number of carbonyl (C=O) groups is 1. The van der Waals surface area contributed by atoms with Gasteiger partial charge in [0.05, 0.1) is 18.4 Å². The molecule has 0 atom stereocenters. The van der Waals surface area contributed by atoms with E-state index >= 15 is 0 Å². The monoisotopic (exact) mass is 302 g/mol. The van der Waals surface area contributed by atoms with E-state index < -0.39 is 11.7 Å². The molecule has 1 aromatic rings. The molecule has 1 amide bonds. The molecule has 2 N–H and O–H groups in total. The van der Waals surface area contributed by atoms with Gasteiger partial charge in [-0.15, -0.1) is 0 Å². The lowest BCUT2D eigenvalue weighted by molar-refractivity contribution is -0.137. The maximum absolute atomic E-state index is 13.0. The summed E-state index contributed by atoms with van der Waals surface area (Å²) < 4.78 is 43.9. The summed E-state index contributed by atoms with van der Waals surface area (Å²) >= 11 is 0. The molecule has 0 radical (unpaired) electrons.